The fraction of sp³-hybridized carbons (Fsp3) is 0.571. The molecule has 1 N–H and O–H groups in total. The Balaban J connectivity index is 1.94. The minimum Gasteiger partial charge on any atom is -0.382 e. The molecule has 0 radical (unpaired) electrons. The Morgan fingerprint density at radius 2 is 2.00 bits per heavy atom. The quantitative estimate of drug-likeness (QED) is 0.744. The standard InChI is InChI=1S/C14H18F3NS/c1-10(8-11-6-7-11)18-12-4-2-3-5-13(12)19-9-14(15,16)17/h2-5,10-11,18H,6-9H2,1H3. The molecule has 1 aromatic rings. The van der Waals surface area contributed by atoms with Crippen molar-refractivity contribution in [1.29, 1.82) is 0 Å². The lowest BCUT2D eigenvalue weighted by atomic mass is 10.1. The van der Waals surface area contributed by atoms with E-state index in [0.717, 1.165) is 29.8 Å². The number of anilines is 1. The van der Waals surface area contributed by atoms with Crippen LogP contribution in [-0.4, -0.2) is 18.0 Å². The van der Waals surface area contributed by atoms with Crippen LogP contribution in [-0.2, 0) is 0 Å². The van der Waals surface area contributed by atoms with E-state index in [2.05, 4.69) is 12.2 Å². The van der Waals surface area contributed by atoms with Gasteiger partial charge in [-0.3, -0.25) is 0 Å². The number of alkyl halides is 3. The number of nitrogens with one attached hydrogen (secondary N) is 1. The molecule has 106 valence electrons. The molecule has 5 heteroatoms. The molecule has 1 unspecified atom stereocenters. The molecule has 1 aliphatic rings. The number of para-hydroxylation sites is 1. The summed E-state index contributed by atoms with van der Waals surface area (Å²) >= 11 is 0.843. The second-order valence-electron chi connectivity index (χ2n) is 5.12. The van der Waals surface area contributed by atoms with Crippen molar-refractivity contribution >= 4 is 17.4 Å². The molecule has 0 saturated heterocycles. The van der Waals surface area contributed by atoms with Crippen LogP contribution in [0.2, 0.25) is 0 Å². The molecular weight excluding hydrogens is 271 g/mol. The number of thioether (sulfide) groups is 1. The molecular formula is C14H18F3NS. The zero-order valence-electron chi connectivity index (χ0n) is 10.8. The lowest BCUT2D eigenvalue weighted by Gasteiger charge is -2.18. The van der Waals surface area contributed by atoms with Crippen LogP contribution in [0.25, 0.3) is 0 Å². The van der Waals surface area contributed by atoms with E-state index in [1.165, 1.54) is 12.8 Å². The lowest BCUT2D eigenvalue weighted by Crippen LogP contribution is -2.16. The van der Waals surface area contributed by atoms with Crippen molar-refractivity contribution in [1.82, 2.24) is 0 Å². The maximum Gasteiger partial charge on any atom is 0.398 e. The smallest absolute Gasteiger partial charge is 0.382 e. The largest absolute Gasteiger partial charge is 0.398 e. The Bertz CT molecular complexity index is 415. The first-order chi connectivity index (χ1) is 8.94. The number of hydrogen-bond acceptors (Lipinski definition) is 2. The molecule has 19 heavy (non-hydrogen) atoms. The second kappa shape index (κ2) is 6.07. The SMILES string of the molecule is CC(CC1CC1)Nc1ccccc1SCC(F)(F)F. The van der Waals surface area contributed by atoms with Gasteiger partial charge in [0.05, 0.1) is 5.75 Å². The predicted molar refractivity (Wildman–Crippen MR) is 73.6 cm³/mol. The zero-order valence-corrected chi connectivity index (χ0v) is 11.7. The van der Waals surface area contributed by atoms with E-state index in [1.54, 1.807) is 12.1 Å². The minimum atomic E-state index is -4.13. The molecule has 0 heterocycles. The van der Waals surface area contributed by atoms with Gasteiger partial charge >= 0.3 is 6.18 Å². The fourth-order valence-corrected chi connectivity index (χ4v) is 2.83. The summed E-state index contributed by atoms with van der Waals surface area (Å²) in [6.45, 7) is 2.09. The van der Waals surface area contributed by atoms with E-state index >= 15 is 0 Å². The third-order valence-electron chi connectivity index (χ3n) is 3.06. The van der Waals surface area contributed by atoms with Gasteiger partial charge in [-0.2, -0.15) is 13.2 Å². The Hall–Kier alpha value is -0.840. The average molecular weight is 289 g/mol. The third kappa shape index (κ3) is 5.35. The van der Waals surface area contributed by atoms with Crippen LogP contribution in [0.15, 0.2) is 29.2 Å². The number of benzene rings is 1. The molecule has 1 fully saturated rings. The third-order valence-corrected chi connectivity index (χ3v) is 4.20. The number of hydrogen-bond donors (Lipinski definition) is 1. The van der Waals surface area contributed by atoms with Crippen LogP contribution < -0.4 is 5.32 Å². The van der Waals surface area contributed by atoms with Crippen LogP contribution in [0.1, 0.15) is 26.2 Å². The molecule has 0 spiro atoms. The normalized spacial score (nSPS) is 17.3. The van der Waals surface area contributed by atoms with Gasteiger partial charge in [0.1, 0.15) is 0 Å². The molecule has 0 aliphatic heterocycles. The Morgan fingerprint density at radius 1 is 1.32 bits per heavy atom. The average Bonchev–Trinajstić information content (AvgIpc) is 3.10. The van der Waals surface area contributed by atoms with Crippen molar-refractivity contribution in [2.45, 2.75) is 43.3 Å². The summed E-state index contributed by atoms with van der Waals surface area (Å²) in [5.74, 6) is -0.0413. The monoisotopic (exact) mass is 289 g/mol. The summed E-state index contributed by atoms with van der Waals surface area (Å²) in [7, 11) is 0. The molecule has 0 amide bonds. The maximum atomic E-state index is 12.3. The maximum absolute atomic E-state index is 12.3. The molecule has 1 atom stereocenters. The summed E-state index contributed by atoms with van der Waals surface area (Å²) in [4.78, 5) is 0.669. The molecule has 1 saturated carbocycles. The Morgan fingerprint density at radius 3 is 2.63 bits per heavy atom. The van der Waals surface area contributed by atoms with Gasteiger partial charge in [-0.15, -0.1) is 11.8 Å². The number of rotatable bonds is 6. The summed E-state index contributed by atoms with van der Waals surface area (Å²) in [6, 6.07) is 7.52. The zero-order chi connectivity index (χ0) is 13.9. The van der Waals surface area contributed by atoms with E-state index in [-0.39, 0.29) is 0 Å². The highest BCUT2D eigenvalue weighted by atomic mass is 32.2. The van der Waals surface area contributed by atoms with Gasteiger partial charge in [0.25, 0.3) is 0 Å². The minimum absolute atomic E-state index is 0.306. The second-order valence-corrected chi connectivity index (χ2v) is 6.14. The Labute approximate surface area is 116 Å². The van der Waals surface area contributed by atoms with Crippen LogP contribution >= 0.6 is 11.8 Å². The molecule has 0 bridgehead atoms. The first kappa shape index (κ1) is 14.6. The Kier molecular flexibility index (Phi) is 4.66. The van der Waals surface area contributed by atoms with Crippen molar-refractivity contribution in [2.24, 2.45) is 5.92 Å². The summed E-state index contributed by atoms with van der Waals surface area (Å²) in [6.07, 6.45) is -0.456. The molecule has 2 rings (SSSR count). The van der Waals surface area contributed by atoms with E-state index in [1.807, 2.05) is 12.1 Å². The highest BCUT2D eigenvalue weighted by Crippen LogP contribution is 2.36. The van der Waals surface area contributed by atoms with Gasteiger partial charge in [0, 0.05) is 16.6 Å². The van der Waals surface area contributed by atoms with Crippen LogP contribution in [0.4, 0.5) is 18.9 Å². The van der Waals surface area contributed by atoms with Crippen LogP contribution in [0.5, 0.6) is 0 Å². The highest BCUT2D eigenvalue weighted by molar-refractivity contribution is 7.99. The number of halogens is 3. The predicted octanol–water partition coefficient (Wildman–Crippen LogP) is 4.94. The van der Waals surface area contributed by atoms with Gasteiger partial charge in [0.2, 0.25) is 0 Å². The molecule has 0 aromatic heterocycles. The fourth-order valence-electron chi connectivity index (χ4n) is 2.05. The van der Waals surface area contributed by atoms with Crippen molar-refractivity contribution in [3.05, 3.63) is 24.3 Å². The van der Waals surface area contributed by atoms with E-state index < -0.39 is 11.9 Å². The van der Waals surface area contributed by atoms with Crippen molar-refractivity contribution in [3.8, 4) is 0 Å². The molecule has 1 aliphatic carbocycles. The van der Waals surface area contributed by atoms with Gasteiger partial charge in [0.15, 0.2) is 0 Å². The van der Waals surface area contributed by atoms with E-state index in [4.69, 9.17) is 0 Å². The van der Waals surface area contributed by atoms with Gasteiger partial charge in [-0.1, -0.05) is 25.0 Å². The van der Waals surface area contributed by atoms with E-state index in [0.29, 0.717) is 10.9 Å². The summed E-state index contributed by atoms with van der Waals surface area (Å²) in [5, 5.41) is 3.33. The van der Waals surface area contributed by atoms with Gasteiger partial charge < -0.3 is 5.32 Å². The lowest BCUT2D eigenvalue weighted by molar-refractivity contribution is -0.105. The van der Waals surface area contributed by atoms with Crippen molar-refractivity contribution < 1.29 is 13.2 Å². The van der Waals surface area contributed by atoms with Crippen molar-refractivity contribution in [2.75, 3.05) is 11.1 Å². The summed E-state index contributed by atoms with van der Waals surface area (Å²) in [5.41, 5.74) is 0.810. The first-order valence-corrected chi connectivity index (χ1v) is 7.48. The summed E-state index contributed by atoms with van der Waals surface area (Å²) < 4.78 is 36.8. The topological polar surface area (TPSA) is 12.0 Å². The highest BCUT2D eigenvalue weighted by Gasteiger charge is 2.28. The van der Waals surface area contributed by atoms with Crippen molar-refractivity contribution in [3.63, 3.8) is 0 Å². The first-order valence-electron chi connectivity index (χ1n) is 6.49. The molecule has 1 nitrogen and oxygen atoms in total. The van der Waals surface area contributed by atoms with Gasteiger partial charge in [-0.05, 0) is 31.4 Å². The molecule has 1 aromatic carbocycles. The van der Waals surface area contributed by atoms with E-state index in [9.17, 15) is 13.2 Å². The van der Waals surface area contributed by atoms with Crippen LogP contribution in [0, 0.1) is 5.92 Å². The van der Waals surface area contributed by atoms with Crippen LogP contribution in [0.3, 0.4) is 0 Å². The van der Waals surface area contributed by atoms with Gasteiger partial charge in [-0.25, -0.2) is 0 Å².